The lowest BCUT2D eigenvalue weighted by Gasteiger charge is -2.01. The topological polar surface area (TPSA) is 25.8 Å². The van der Waals surface area contributed by atoms with Crippen LogP contribution in [0.4, 0.5) is 8.78 Å². The minimum absolute atomic E-state index is 0.281. The lowest BCUT2D eigenvalue weighted by Crippen LogP contribution is -1.89. The van der Waals surface area contributed by atoms with Crippen molar-refractivity contribution in [2.75, 3.05) is 0 Å². The van der Waals surface area contributed by atoms with Crippen molar-refractivity contribution < 1.29 is 8.78 Å². The molecule has 0 saturated heterocycles. The van der Waals surface area contributed by atoms with E-state index in [4.69, 9.17) is 0 Å². The van der Waals surface area contributed by atoms with Gasteiger partial charge in [-0.15, -0.1) is 0 Å². The largest absolute Gasteiger partial charge is 0.233 e. The Labute approximate surface area is 97.7 Å². The summed E-state index contributed by atoms with van der Waals surface area (Å²) in [4.78, 5) is 7.70. The van der Waals surface area contributed by atoms with E-state index in [-0.39, 0.29) is 5.83 Å². The average molecular weight is 232 g/mol. The first-order chi connectivity index (χ1) is 8.20. The number of hydrogen-bond acceptors (Lipinski definition) is 2. The second-order valence-corrected chi connectivity index (χ2v) is 3.44. The summed E-state index contributed by atoms with van der Waals surface area (Å²) in [7, 11) is 0. The van der Waals surface area contributed by atoms with Gasteiger partial charge in [-0.2, -0.15) is 0 Å². The van der Waals surface area contributed by atoms with Gasteiger partial charge in [-0.25, -0.2) is 18.7 Å². The third-order valence-electron chi connectivity index (χ3n) is 2.29. The maximum Gasteiger partial charge on any atom is 0.159 e. The van der Waals surface area contributed by atoms with Crippen molar-refractivity contribution in [1.29, 1.82) is 0 Å². The second kappa shape index (κ2) is 4.82. The van der Waals surface area contributed by atoms with Crippen molar-refractivity contribution in [1.82, 2.24) is 9.97 Å². The second-order valence-electron chi connectivity index (χ2n) is 3.44. The van der Waals surface area contributed by atoms with Crippen LogP contribution in [0.15, 0.2) is 42.7 Å². The zero-order valence-corrected chi connectivity index (χ0v) is 9.19. The van der Waals surface area contributed by atoms with Gasteiger partial charge in [-0.05, 0) is 6.92 Å². The van der Waals surface area contributed by atoms with Gasteiger partial charge in [0.2, 0.25) is 0 Å². The Morgan fingerprint density at radius 2 is 1.71 bits per heavy atom. The molecule has 2 rings (SSSR count). The van der Waals surface area contributed by atoms with E-state index in [0.29, 0.717) is 11.4 Å². The van der Waals surface area contributed by atoms with E-state index >= 15 is 0 Å². The van der Waals surface area contributed by atoms with E-state index in [2.05, 4.69) is 9.97 Å². The predicted molar refractivity (Wildman–Crippen MR) is 62.2 cm³/mol. The highest BCUT2D eigenvalue weighted by atomic mass is 19.1. The maximum absolute atomic E-state index is 13.2. The highest BCUT2D eigenvalue weighted by molar-refractivity contribution is 5.63. The van der Waals surface area contributed by atoms with Crippen LogP contribution in [0.2, 0.25) is 0 Å². The summed E-state index contributed by atoms with van der Waals surface area (Å²) in [6.07, 6.45) is 3.59. The first kappa shape index (κ1) is 11.4. The molecule has 0 aliphatic rings. The Balaban J connectivity index is 2.32. The lowest BCUT2D eigenvalue weighted by atomic mass is 10.1. The van der Waals surface area contributed by atoms with E-state index in [1.807, 2.05) is 0 Å². The standard InChI is InChI=1S/C13H10F2N2/c1-2-12(15)9-3-5-10(6-4-9)13-16-7-11(14)8-17-13/h2-8H,1H3/b12-2-. The molecular weight excluding hydrogens is 222 g/mol. The van der Waals surface area contributed by atoms with Crippen LogP contribution < -0.4 is 0 Å². The van der Waals surface area contributed by atoms with Crippen LogP contribution in [-0.2, 0) is 0 Å². The van der Waals surface area contributed by atoms with E-state index in [1.54, 1.807) is 31.2 Å². The van der Waals surface area contributed by atoms with Gasteiger partial charge in [0, 0.05) is 11.1 Å². The Hall–Kier alpha value is -2.10. The number of allylic oxidation sites excluding steroid dienone is 1. The first-order valence-corrected chi connectivity index (χ1v) is 5.11. The van der Waals surface area contributed by atoms with Gasteiger partial charge >= 0.3 is 0 Å². The van der Waals surface area contributed by atoms with Gasteiger partial charge in [-0.1, -0.05) is 30.3 Å². The molecule has 0 bridgehead atoms. The molecule has 0 fully saturated rings. The molecule has 0 spiro atoms. The molecule has 0 radical (unpaired) electrons. The number of hydrogen-bond donors (Lipinski definition) is 0. The Morgan fingerprint density at radius 1 is 1.12 bits per heavy atom. The summed E-state index contributed by atoms with van der Waals surface area (Å²) >= 11 is 0. The Morgan fingerprint density at radius 3 is 2.24 bits per heavy atom. The molecule has 0 unspecified atom stereocenters. The van der Waals surface area contributed by atoms with E-state index in [9.17, 15) is 8.78 Å². The minimum Gasteiger partial charge on any atom is -0.233 e. The van der Waals surface area contributed by atoms with E-state index in [1.165, 1.54) is 6.08 Å². The third kappa shape index (κ3) is 2.53. The van der Waals surface area contributed by atoms with Gasteiger partial charge in [0.1, 0.15) is 5.83 Å². The molecule has 0 aliphatic carbocycles. The zero-order valence-electron chi connectivity index (χ0n) is 9.19. The van der Waals surface area contributed by atoms with Crippen LogP contribution in [0.3, 0.4) is 0 Å². The molecule has 1 heterocycles. The summed E-state index contributed by atoms with van der Waals surface area (Å²) in [5, 5.41) is 0. The highest BCUT2D eigenvalue weighted by Gasteiger charge is 2.03. The molecule has 1 aromatic carbocycles. The first-order valence-electron chi connectivity index (χ1n) is 5.11. The molecule has 0 atom stereocenters. The van der Waals surface area contributed by atoms with Crippen molar-refractivity contribution in [2.45, 2.75) is 6.92 Å². The SMILES string of the molecule is C/C=C(\F)c1ccc(-c2ncc(F)cn2)cc1. The summed E-state index contributed by atoms with van der Waals surface area (Å²) in [5.41, 5.74) is 1.22. The molecule has 1 aromatic heterocycles. The van der Waals surface area contributed by atoms with Crippen molar-refractivity contribution >= 4 is 5.83 Å². The quantitative estimate of drug-likeness (QED) is 0.790. The van der Waals surface area contributed by atoms with Gasteiger partial charge < -0.3 is 0 Å². The van der Waals surface area contributed by atoms with Crippen LogP contribution in [0.1, 0.15) is 12.5 Å². The summed E-state index contributed by atoms with van der Waals surface area (Å²) in [6, 6.07) is 6.67. The number of benzene rings is 1. The number of nitrogens with zero attached hydrogens (tertiary/aromatic N) is 2. The average Bonchev–Trinajstić information content (AvgIpc) is 2.39. The molecular formula is C13H10F2N2. The number of halogens is 2. The van der Waals surface area contributed by atoms with Crippen molar-refractivity contribution in [2.24, 2.45) is 0 Å². The van der Waals surface area contributed by atoms with Crippen LogP contribution in [0.5, 0.6) is 0 Å². The fourth-order valence-electron chi connectivity index (χ4n) is 1.41. The molecule has 0 N–H and O–H groups in total. The van der Waals surface area contributed by atoms with Crippen LogP contribution in [-0.4, -0.2) is 9.97 Å². The Kier molecular flexibility index (Phi) is 3.23. The van der Waals surface area contributed by atoms with Crippen LogP contribution >= 0.6 is 0 Å². The van der Waals surface area contributed by atoms with Crippen LogP contribution in [0, 0.1) is 5.82 Å². The summed E-state index contributed by atoms with van der Waals surface area (Å²) < 4.78 is 25.9. The molecule has 0 amide bonds. The van der Waals surface area contributed by atoms with Gasteiger partial charge in [-0.3, -0.25) is 0 Å². The molecule has 2 aromatic rings. The van der Waals surface area contributed by atoms with Crippen molar-refractivity contribution in [3.05, 3.63) is 54.1 Å². The Bertz CT molecular complexity index is 530. The van der Waals surface area contributed by atoms with Gasteiger partial charge in [0.25, 0.3) is 0 Å². The highest BCUT2D eigenvalue weighted by Crippen LogP contribution is 2.20. The summed E-state index contributed by atoms with van der Waals surface area (Å²) in [5.74, 6) is -0.347. The fourth-order valence-corrected chi connectivity index (χ4v) is 1.41. The van der Waals surface area contributed by atoms with Gasteiger partial charge in [0.15, 0.2) is 11.6 Å². The molecule has 17 heavy (non-hydrogen) atoms. The molecule has 4 heteroatoms. The fraction of sp³-hybridized carbons (Fsp3) is 0.0769. The smallest absolute Gasteiger partial charge is 0.159 e. The zero-order chi connectivity index (χ0) is 12.3. The third-order valence-corrected chi connectivity index (χ3v) is 2.29. The van der Waals surface area contributed by atoms with Crippen molar-refractivity contribution in [3.63, 3.8) is 0 Å². The molecule has 2 nitrogen and oxygen atoms in total. The van der Waals surface area contributed by atoms with Crippen LogP contribution in [0.25, 0.3) is 17.2 Å². The molecule has 0 aliphatic heterocycles. The van der Waals surface area contributed by atoms with E-state index in [0.717, 1.165) is 18.0 Å². The number of aromatic nitrogens is 2. The minimum atomic E-state index is -0.481. The van der Waals surface area contributed by atoms with E-state index < -0.39 is 5.82 Å². The lowest BCUT2D eigenvalue weighted by molar-refractivity contribution is 0.614. The molecule has 0 saturated carbocycles. The monoisotopic (exact) mass is 232 g/mol. The predicted octanol–water partition coefficient (Wildman–Crippen LogP) is 3.61. The van der Waals surface area contributed by atoms with Gasteiger partial charge in [0.05, 0.1) is 12.4 Å². The van der Waals surface area contributed by atoms with Crippen molar-refractivity contribution in [3.8, 4) is 11.4 Å². The maximum atomic E-state index is 13.2. The summed E-state index contributed by atoms with van der Waals surface area (Å²) in [6.45, 7) is 1.63. The normalized spacial score (nSPS) is 11.6. The number of rotatable bonds is 2. The molecule has 86 valence electrons.